The third-order valence-corrected chi connectivity index (χ3v) is 7.66. The summed E-state index contributed by atoms with van der Waals surface area (Å²) in [5, 5.41) is 3.25. The molecule has 1 saturated carbocycles. The highest BCUT2D eigenvalue weighted by Crippen LogP contribution is 2.55. The molecule has 0 amide bonds. The van der Waals surface area contributed by atoms with Gasteiger partial charge in [-0.05, 0) is 38.7 Å². The molecule has 12 heteroatoms. The van der Waals surface area contributed by atoms with E-state index in [0.29, 0.717) is 18.3 Å². The third-order valence-electron chi connectivity index (χ3n) is 7.66. The minimum absolute atomic E-state index is 0.0537. The minimum Gasteiger partial charge on any atom is -0.368 e. The molecule has 8 nitrogen and oxygen atoms in total. The molecule has 3 aromatic rings. The maximum atomic E-state index is 15.2. The lowest BCUT2D eigenvalue weighted by atomic mass is 10.0. The largest absolute Gasteiger partial charge is 0.440 e. The number of rotatable bonds is 6. The monoisotopic (exact) mass is 547 g/mol. The number of alkyl halides is 3. The zero-order chi connectivity index (χ0) is 27.4. The molecule has 1 aliphatic carbocycles. The molecule has 3 aliphatic rings. The smallest absolute Gasteiger partial charge is 0.368 e. The van der Waals surface area contributed by atoms with Gasteiger partial charge in [0.25, 0.3) is 5.72 Å². The Bertz CT molecular complexity index is 1390. The Hall–Kier alpha value is -3.09. The molecule has 4 heterocycles. The first-order valence-corrected chi connectivity index (χ1v) is 13.0. The first-order chi connectivity index (χ1) is 18.6. The summed E-state index contributed by atoms with van der Waals surface area (Å²) in [4.78, 5) is 12.7. The molecule has 2 saturated heterocycles. The quantitative estimate of drug-likeness (QED) is 0.413. The fourth-order valence-electron chi connectivity index (χ4n) is 5.85. The van der Waals surface area contributed by atoms with Crippen molar-refractivity contribution in [2.45, 2.75) is 75.5 Å². The van der Waals surface area contributed by atoms with Gasteiger partial charge < -0.3 is 19.5 Å². The van der Waals surface area contributed by atoms with Crippen molar-refractivity contribution in [1.82, 2.24) is 19.5 Å². The molecule has 1 aromatic carbocycles. The van der Waals surface area contributed by atoms with Crippen LogP contribution < -0.4 is 5.32 Å². The first kappa shape index (κ1) is 26.1. The maximum absolute atomic E-state index is 15.2. The topological polar surface area (TPSA) is 83.3 Å². The standard InChI is InChI=1S/C27H29F4N5O3/c1-25(2)38-21-19(12-11-17-9-5-6-10-18(17)28)37-26(22(21)39-25,27(29,30)31)36-15-35-20-23(33-14-34-24(20)36)32-13-16-7-3-4-8-16/h5-6,9-12,14-16,19,21-22H,3-4,7-8,13H2,1-2H3,(H,32,33,34)/t19-,21-,22-,26-/m1/s1. The number of fused-ring (bicyclic) bond motifs is 2. The fraction of sp³-hybridized carbons (Fsp3) is 0.519. The van der Waals surface area contributed by atoms with Crippen LogP contribution in [0.4, 0.5) is 23.4 Å². The van der Waals surface area contributed by atoms with Crippen LogP contribution in [0.5, 0.6) is 0 Å². The lowest BCUT2D eigenvalue weighted by Gasteiger charge is -2.37. The molecule has 0 bridgehead atoms. The number of hydrogen-bond donors (Lipinski definition) is 1. The van der Waals surface area contributed by atoms with Crippen LogP contribution in [0.25, 0.3) is 17.2 Å². The number of hydrogen-bond acceptors (Lipinski definition) is 7. The fourth-order valence-corrected chi connectivity index (χ4v) is 5.85. The Balaban J connectivity index is 1.41. The predicted molar refractivity (Wildman–Crippen MR) is 134 cm³/mol. The molecule has 4 atom stereocenters. The number of aromatic nitrogens is 4. The average molecular weight is 548 g/mol. The van der Waals surface area contributed by atoms with Crippen LogP contribution in [-0.2, 0) is 19.9 Å². The number of ether oxygens (including phenoxy) is 3. The van der Waals surface area contributed by atoms with E-state index >= 15 is 13.2 Å². The van der Waals surface area contributed by atoms with E-state index in [-0.39, 0.29) is 16.7 Å². The summed E-state index contributed by atoms with van der Waals surface area (Å²) in [6, 6.07) is 5.95. The van der Waals surface area contributed by atoms with Crippen LogP contribution in [-0.4, -0.2) is 56.3 Å². The zero-order valence-corrected chi connectivity index (χ0v) is 21.5. The Morgan fingerprint density at radius 2 is 1.85 bits per heavy atom. The number of imidazole rings is 1. The van der Waals surface area contributed by atoms with Crippen molar-refractivity contribution >= 4 is 23.1 Å². The summed E-state index contributed by atoms with van der Waals surface area (Å²) in [7, 11) is 0. The molecule has 0 radical (unpaired) electrons. The summed E-state index contributed by atoms with van der Waals surface area (Å²) in [5.74, 6) is -0.994. The number of nitrogens with one attached hydrogen (secondary N) is 1. The zero-order valence-electron chi connectivity index (χ0n) is 21.5. The summed E-state index contributed by atoms with van der Waals surface area (Å²) in [6.07, 6.45) is 0.647. The van der Waals surface area contributed by atoms with Gasteiger partial charge in [-0.3, -0.25) is 4.57 Å². The summed E-state index contributed by atoms with van der Waals surface area (Å²) >= 11 is 0. The highest BCUT2D eigenvalue weighted by atomic mass is 19.4. The molecule has 2 aromatic heterocycles. The average Bonchev–Trinajstić information content (AvgIpc) is 3.66. The molecule has 208 valence electrons. The third kappa shape index (κ3) is 4.48. The van der Waals surface area contributed by atoms with E-state index in [4.69, 9.17) is 14.2 Å². The van der Waals surface area contributed by atoms with Crippen molar-refractivity contribution in [3.05, 3.63) is 54.4 Å². The molecule has 2 aliphatic heterocycles. The van der Waals surface area contributed by atoms with Gasteiger partial charge >= 0.3 is 6.18 Å². The molecule has 3 fully saturated rings. The highest BCUT2D eigenvalue weighted by Gasteiger charge is 2.75. The van der Waals surface area contributed by atoms with E-state index in [2.05, 4.69) is 20.3 Å². The van der Waals surface area contributed by atoms with Crippen molar-refractivity contribution in [1.29, 1.82) is 0 Å². The van der Waals surface area contributed by atoms with E-state index in [0.717, 1.165) is 23.7 Å². The minimum atomic E-state index is -4.96. The van der Waals surface area contributed by atoms with Crippen molar-refractivity contribution < 1.29 is 31.8 Å². The van der Waals surface area contributed by atoms with Gasteiger partial charge in [0.15, 0.2) is 22.8 Å². The Morgan fingerprint density at radius 3 is 2.59 bits per heavy atom. The van der Waals surface area contributed by atoms with Crippen molar-refractivity contribution in [3.63, 3.8) is 0 Å². The van der Waals surface area contributed by atoms with Gasteiger partial charge in [-0.25, -0.2) is 19.3 Å². The molecule has 6 rings (SSSR count). The molecule has 0 spiro atoms. The van der Waals surface area contributed by atoms with Gasteiger partial charge in [-0.2, -0.15) is 13.2 Å². The molecule has 0 unspecified atom stereocenters. The van der Waals surface area contributed by atoms with E-state index in [1.54, 1.807) is 19.9 Å². The van der Waals surface area contributed by atoms with Crippen LogP contribution >= 0.6 is 0 Å². The van der Waals surface area contributed by atoms with E-state index in [9.17, 15) is 4.39 Å². The SMILES string of the molecule is CC1(C)O[C@H]2[C@@H](O1)[C@](n1cnc3c(NCC4CCCC4)ncnc31)(C(F)(F)F)O[C@@H]2C=Cc1ccccc1F. The normalized spacial score (nSPS) is 29.0. The maximum Gasteiger partial charge on any atom is 0.440 e. The number of benzene rings is 1. The predicted octanol–water partition coefficient (Wildman–Crippen LogP) is 5.41. The summed E-state index contributed by atoms with van der Waals surface area (Å²) < 4.78 is 78.3. The number of halogens is 4. The van der Waals surface area contributed by atoms with Crippen molar-refractivity contribution in [2.24, 2.45) is 5.92 Å². The Kier molecular flexibility index (Phi) is 6.39. The second-order valence-corrected chi connectivity index (χ2v) is 10.7. The number of nitrogens with zero attached hydrogens (tertiary/aromatic N) is 4. The van der Waals surface area contributed by atoms with Crippen LogP contribution in [0.1, 0.15) is 45.1 Å². The van der Waals surface area contributed by atoms with E-state index in [1.165, 1.54) is 49.5 Å². The molecular formula is C27H29F4N5O3. The lowest BCUT2D eigenvalue weighted by Crippen LogP contribution is -2.56. The lowest BCUT2D eigenvalue weighted by molar-refractivity contribution is -0.342. The molecular weight excluding hydrogens is 518 g/mol. The summed E-state index contributed by atoms with van der Waals surface area (Å²) in [6.45, 7) is 3.74. The van der Waals surface area contributed by atoms with Crippen LogP contribution in [0, 0.1) is 11.7 Å². The Morgan fingerprint density at radius 1 is 1.08 bits per heavy atom. The van der Waals surface area contributed by atoms with Gasteiger partial charge in [0.2, 0.25) is 0 Å². The number of anilines is 1. The highest BCUT2D eigenvalue weighted by molar-refractivity contribution is 5.83. The van der Waals surface area contributed by atoms with Gasteiger partial charge in [-0.1, -0.05) is 43.2 Å². The molecule has 1 N–H and O–H groups in total. The van der Waals surface area contributed by atoms with E-state index in [1.807, 2.05) is 0 Å². The van der Waals surface area contributed by atoms with Gasteiger partial charge in [0.1, 0.15) is 30.5 Å². The van der Waals surface area contributed by atoms with Gasteiger partial charge in [0.05, 0.1) is 6.33 Å². The van der Waals surface area contributed by atoms with Crippen LogP contribution in [0.3, 0.4) is 0 Å². The van der Waals surface area contributed by atoms with Crippen molar-refractivity contribution in [2.75, 3.05) is 11.9 Å². The van der Waals surface area contributed by atoms with Gasteiger partial charge in [0, 0.05) is 12.1 Å². The molecule has 39 heavy (non-hydrogen) atoms. The van der Waals surface area contributed by atoms with E-state index < -0.39 is 41.8 Å². The van der Waals surface area contributed by atoms with Crippen LogP contribution in [0.15, 0.2) is 43.0 Å². The van der Waals surface area contributed by atoms with Gasteiger partial charge in [-0.15, -0.1) is 0 Å². The van der Waals surface area contributed by atoms with Crippen LogP contribution in [0.2, 0.25) is 0 Å². The second kappa shape index (κ2) is 9.53. The second-order valence-electron chi connectivity index (χ2n) is 10.7. The Labute approximate surface area is 222 Å². The van der Waals surface area contributed by atoms with Crippen molar-refractivity contribution in [3.8, 4) is 0 Å². The summed E-state index contributed by atoms with van der Waals surface area (Å²) in [5.41, 5.74) is -2.66. The first-order valence-electron chi connectivity index (χ1n) is 13.0.